The molecule has 0 spiro atoms. The van der Waals surface area contributed by atoms with Crippen molar-refractivity contribution in [2.45, 2.75) is 32.7 Å². The van der Waals surface area contributed by atoms with Gasteiger partial charge in [-0.2, -0.15) is 0 Å². The summed E-state index contributed by atoms with van der Waals surface area (Å²) in [6, 6.07) is 8.36. The molecule has 0 aliphatic heterocycles. The molecule has 0 aromatic heterocycles. The van der Waals surface area contributed by atoms with Crippen molar-refractivity contribution in [1.29, 1.82) is 0 Å². The number of halogens is 1. The normalized spacial score (nSPS) is 21.4. The van der Waals surface area contributed by atoms with E-state index in [1.54, 1.807) is 0 Å². The molecule has 0 unspecified atom stereocenters. The minimum Gasteiger partial charge on any atom is -0.341 e. The first-order valence-electron chi connectivity index (χ1n) is 7.12. The lowest BCUT2D eigenvalue weighted by Crippen LogP contribution is -2.36. The zero-order valence-electron chi connectivity index (χ0n) is 12.3. The van der Waals surface area contributed by atoms with Crippen LogP contribution in [0.1, 0.15) is 30.4 Å². The van der Waals surface area contributed by atoms with E-state index in [1.807, 2.05) is 11.9 Å². The maximum Gasteiger partial charge on any atom is 0.226 e. The second-order valence-electron chi connectivity index (χ2n) is 5.71. The molecule has 20 heavy (non-hydrogen) atoms. The minimum absolute atomic E-state index is 0. The minimum atomic E-state index is 0. The van der Waals surface area contributed by atoms with Crippen LogP contribution in [0.2, 0.25) is 0 Å². The Morgan fingerprint density at radius 2 is 1.95 bits per heavy atom. The topological polar surface area (TPSA) is 46.3 Å². The van der Waals surface area contributed by atoms with Crippen molar-refractivity contribution in [3.05, 3.63) is 35.4 Å². The third-order valence-electron chi connectivity index (χ3n) is 4.20. The molecule has 112 valence electrons. The molecule has 0 bridgehead atoms. The van der Waals surface area contributed by atoms with Gasteiger partial charge in [0.05, 0.1) is 0 Å². The fourth-order valence-electron chi connectivity index (χ4n) is 2.97. The van der Waals surface area contributed by atoms with Crippen LogP contribution >= 0.6 is 12.4 Å². The Balaban J connectivity index is 0.00000200. The number of amides is 1. The number of rotatable bonds is 4. The molecule has 2 N–H and O–H groups in total. The summed E-state index contributed by atoms with van der Waals surface area (Å²) in [6.07, 6.45) is 3.24. The summed E-state index contributed by atoms with van der Waals surface area (Å²) in [4.78, 5) is 14.3. The first-order chi connectivity index (χ1) is 9.11. The first kappa shape index (κ1) is 17.0. The Hall–Kier alpha value is -1.06. The molecule has 1 aliphatic rings. The molecule has 1 amide bonds. The van der Waals surface area contributed by atoms with Crippen molar-refractivity contribution in [1.82, 2.24) is 4.90 Å². The molecule has 3 nitrogen and oxygen atoms in total. The van der Waals surface area contributed by atoms with Gasteiger partial charge in [0.2, 0.25) is 5.91 Å². The van der Waals surface area contributed by atoms with Crippen LogP contribution in [0, 0.1) is 18.8 Å². The monoisotopic (exact) mass is 296 g/mol. The Kier molecular flexibility index (Phi) is 6.50. The highest BCUT2D eigenvalue weighted by Crippen LogP contribution is 2.32. The molecule has 1 saturated carbocycles. The van der Waals surface area contributed by atoms with Crippen LogP contribution in [0.5, 0.6) is 0 Å². The van der Waals surface area contributed by atoms with E-state index in [0.29, 0.717) is 19.0 Å². The summed E-state index contributed by atoms with van der Waals surface area (Å²) in [5.41, 5.74) is 8.19. The van der Waals surface area contributed by atoms with Crippen molar-refractivity contribution in [2.75, 3.05) is 13.6 Å². The fourth-order valence-corrected chi connectivity index (χ4v) is 2.97. The number of carbonyl (C=O) groups excluding carboxylic acids is 1. The van der Waals surface area contributed by atoms with Crippen LogP contribution in [0.25, 0.3) is 0 Å². The SMILES string of the molecule is Cc1ccc(CN(C)C(=O)[C@@H]2CCC[C@@H]2CN)cc1.Cl. The van der Waals surface area contributed by atoms with E-state index in [4.69, 9.17) is 5.73 Å². The Labute approximate surface area is 127 Å². The highest BCUT2D eigenvalue weighted by atomic mass is 35.5. The average molecular weight is 297 g/mol. The van der Waals surface area contributed by atoms with Gasteiger partial charge in [-0.25, -0.2) is 0 Å². The number of hydrogen-bond donors (Lipinski definition) is 1. The first-order valence-corrected chi connectivity index (χ1v) is 7.12. The Morgan fingerprint density at radius 1 is 1.30 bits per heavy atom. The molecule has 1 aliphatic carbocycles. The molecule has 4 heteroatoms. The third kappa shape index (κ3) is 3.97. The van der Waals surface area contributed by atoms with Gasteiger partial charge in [-0.1, -0.05) is 36.2 Å². The number of carbonyl (C=O) groups is 1. The summed E-state index contributed by atoms with van der Waals surface area (Å²) >= 11 is 0. The van der Waals surface area contributed by atoms with Crippen LogP contribution < -0.4 is 5.73 Å². The molecule has 0 saturated heterocycles. The van der Waals surface area contributed by atoms with Gasteiger partial charge >= 0.3 is 0 Å². The smallest absolute Gasteiger partial charge is 0.226 e. The van der Waals surface area contributed by atoms with Crippen molar-refractivity contribution in [2.24, 2.45) is 17.6 Å². The number of nitrogens with zero attached hydrogens (tertiary/aromatic N) is 1. The largest absolute Gasteiger partial charge is 0.341 e. The molecular formula is C16H25ClN2O. The van der Waals surface area contributed by atoms with Crippen LogP contribution in [0.3, 0.4) is 0 Å². The summed E-state index contributed by atoms with van der Waals surface area (Å²) < 4.78 is 0. The maximum atomic E-state index is 12.5. The standard InChI is InChI=1S/C16H24N2O.ClH/c1-12-6-8-13(9-7-12)11-18(2)16(19)15-5-3-4-14(15)10-17;/h6-9,14-15H,3-5,10-11,17H2,1-2H3;1H/t14-,15-;/m1./s1. The molecule has 1 fully saturated rings. The van der Waals surface area contributed by atoms with E-state index in [1.165, 1.54) is 11.1 Å². The molecule has 1 aromatic carbocycles. The molecule has 2 atom stereocenters. The zero-order valence-corrected chi connectivity index (χ0v) is 13.2. The fraction of sp³-hybridized carbons (Fsp3) is 0.562. The highest BCUT2D eigenvalue weighted by Gasteiger charge is 2.33. The average Bonchev–Trinajstić information content (AvgIpc) is 2.88. The summed E-state index contributed by atoms with van der Waals surface area (Å²) in [6.45, 7) is 3.39. The van der Waals surface area contributed by atoms with E-state index in [-0.39, 0.29) is 24.2 Å². The van der Waals surface area contributed by atoms with E-state index < -0.39 is 0 Å². The zero-order chi connectivity index (χ0) is 13.8. The summed E-state index contributed by atoms with van der Waals surface area (Å²) in [5, 5.41) is 0. The maximum absolute atomic E-state index is 12.5. The molecule has 1 aromatic rings. The van der Waals surface area contributed by atoms with E-state index in [2.05, 4.69) is 31.2 Å². The summed E-state index contributed by atoms with van der Waals surface area (Å²) in [7, 11) is 1.90. The Bertz CT molecular complexity index is 433. The quantitative estimate of drug-likeness (QED) is 0.928. The van der Waals surface area contributed by atoms with Gasteiger partial charge < -0.3 is 10.6 Å². The highest BCUT2D eigenvalue weighted by molar-refractivity contribution is 5.85. The lowest BCUT2D eigenvalue weighted by molar-refractivity contribution is -0.135. The van der Waals surface area contributed by atoms with E-state index >= 15 is 0 Å². The molecule has 0 radical (unpaired) electrons. The van der Waals surface area contributed by atoms with Crippen LogP contribution in [0.4, 0.5) is 0 Å². The number of aryl methyl sites for hydroxylation is 1. The van der Waals surface area contributed by atoms with Gasteiger partial charge in [0.15, 0.2) is 0 Å². The molecule has 0 heterocycles. The van der Waals surface area contributed by atoms with Crippen LogP contribution in [-0.4, -0.2) is 24.4 Å². The number of hydrogen-bond acceptors (Lipinski definition) is 2. The van der Waals surface area contributed by atoms with Crippen molar-refractivity contribution < 1.29 is 4.79 Å². The second-order valence-corrected chi connectivity index (χ2v) is 5.71. The van der Waals surface area contributed by atoms with Gasteiger partial charge in [0, 0.05) is 19.5 Å². The predicted molar refractivity (Wildman–Crippen MR) is 84.8 cm³/mol. The lowest BCUT2D eigenvalue weighted by atomic mass is 9.94. The second kappa shape index (κ2) is 7.65. The van der Waals surface area contributed by atoms with Gasteiger partial charge in [-0.15, -0.1) is 12.4 Å². The van der Waals surface area contributed by atoms with Gasteiger partial charge in [-0.3, -0.25) is 4.79 Å². The van der Waals surface area contributed by atoms with Gasteiger partial charge in [-0.05, 0) is 37.8 Å². The van der Waals surface area contributed by atoms with Gasteiger partial charge in [0.25, 0.3) is 0 Å². The summed E-state index contributed by atoms with van der Waals surface area (Å²) in [5.74, 6) is 0.780. The molecule has 2 rings (SSSR count). The van der Waals surface area contributed by atoms with Gasteiger partial charge in [0.1, 0.15) is 0 Å². The van der Waals surface area contributed by atoms with Crippen LogP contribution in [-0.2, 0) is 11.3 Å². The van der Waals surface area contributed by atoms with Crippen molar-refractivity contribution >= 4 is 18.3 Å². The van der Waals surface area contributed by atoms with Crippen LogP contribution in [0.15, 0.2) is 24.3 Å². The van der Waals surface area contributed by atoms with E-state index in [0.717, 1.165) is 19.3 Å². The van der Waals surface area contributed by atoms with Crippen molar-refractivity contribution in [3.8, 4) is 0 Å². The van der Waals surface area contributed by atoms with Crippen molar-refractivity contribution in [3.63, 3.8) is 0 Å². The predicted octanol–water partition coefficient (Wildman–Crippen LogP) is 2.75. The third-order valence-corrected chi connectivity index (χ3v) is 4.20. The number of benzene rings is 1. The number of nitrogens with two attached hydrogens (primary N) is 1. The van der Waals surface area contributed by atoms with E-state index in [9.17, 15) is 4.79 Å². The Morgan fingerprint density at radius 3 is 2.55 bits per heavy atom. The lowest BCUT2D eigenvalue weighted by Gasteiger charge is -2.24. The molecular weight excluding hydrogens is 272 g/mol.